The number of rotatable bonds is 4. The normalized spacial score (nSPS) is 11.8. The lowest BCUT2D eigenvalue weighted by molar-refractivity contribution is 0.671. The van der Waals surface area contributed by atoms with Gasteiger partial charge in [-0.3, -0.25) is 4.57 Å². The van der Waals surface area contributed by atoms with Crippen molar-refractivity contribution < 1.29 is 4.42 Å². The Labute approximate surface area is 275 Å². The highest BCUT2D eigenvalue weighted by molar-refractivity contribution is 6.35. The summed E-state index contributed by atoms with van der Waals surface area (Å²) < 4.78 is 9.06. The summed E-state index contributed by atoms with van der Waals surface area (Å²) >= 11 is 0. The SMILES string of the molecule is c1ccc(-c2ccc3oc4c(c3c2)c2ccccc2c2c3ccccc3n(-c3nc(-c5ccccc5)nc(-c5ccccc5)n3)c42)cc1. The van der Waals surface area contributed by atoms with Crippen LogP contribution in [0.3, 0.4) is 0 Å². The van der Waals surface area contributed by atoms with E-state index in [-0.39, 0.29) is 0 Å². The number of fused-ring (bicyclic) bond motifs is 10. The van der Waals surface area contributed by atoms with Crippen molar-refractivity contribution in [1.29, 1.82) is 0 Å². The van der Waals surface area contributed by atoms with E-state index in [1.807, 2.05) is 66.7 Å². The number of aromatic nitrogens is 4. The van der Waals surface area contributed by atoms with Crippen LogP contribution in [-0.2, 0) is 0 Å². The molecule has 0 saturated carbocycles. The molecule has 0 bridgehead atoms. The molecule has 3 heterocycles. The Morgan fingerprint density at radius 2 is 0.958 bits per heavy atom. The topological polar surface area (TPSA) is 56.7 Å². The van der Waals surface area contributed by atoms with Crippen molar-refractivity contribution in [2.75, 3.05) is 0 Å². The van der Waals surface area contributed by atoms with Crippen molar-refractivity contribution in [1.82, 2.24) is 19.5 Å². The first-order valence-corrected chi connectivity index (χ1v) is 16.0. The van der Waals surface area contributed by atoms with E-state index in [1.165, 1.54) is 5.56 Å². The molecule has 0 fully saturated rings. The Balaban J connectivity index is 1.38. The monoisotopic (exact) mass is 614 g/mol. The quantitative estimate of drug-likeness (QED) is 0.198. The van der Waals surface area contributed by atoms with Gasteiger partial charge < -0.3 is 4.42 Å². The molecule has 10 rings (SSSR count). The number of benzene rings is 7. The summed E-state index contributed by atoms with van der Waals surface area (Å²) in [6.07, 6.45) is 0. The molecule has 48 heavy (non-hydrogen) atoms. The maximum Gasteiger partial charge on any atom is 0.238 e. The number of nitrogens with zero attached hydrogens (tertiary/aromatic N) is 4. The maximum absolute atomic E-state index is 6.89. The molecule has 5 nitrogen and oxygen atoms in total. The van der Waals surface area contributed by atoms with Crippen LogP contribution in [0.2, 0.25) is 0 Å². The molecule has 224 valence electrons. The molecule has 0 spiro atoms. The first-order valence-electron chi connectivity index (χ1n) is 16.0. The molecule has 0 saturated heterocycles. The second-order valence-electron chi connectivity index (χ2n) is 12.0. The third-order valence-corrected chi connectivity index (χ3v) is 9.24. The molecule has 0 aliphatic rings. The zero-order valence-electron chi connectivity index (χ0n) is 25.7. The van der Waals surface area contributed by atoms with Crippen LogP contribution in [0.5, 0.6) is 0 Å². The van der Waals surface area contributed by atoms with Gasteiger partial charge in [-0.25, -0.2) is 4.98 Å². The second-order valence-corrected chi connectivity index (χ2v) is 12.0. The minimum atomic E-state index is 0.538. The lowest BCUT2D eigenvalue weighted by Crippen LogP contribution is -2.06. The lowest BCUT2D eigenvalue weighted by Gasteiger charge is -2.11. The van der Waals surface area contributed by atoms with Gasteiger partial charge in [0.15, 0.2) is 17.2 Å². The zero-order chi connectivity index (χ0) is 31.6. The molecule has 0 radical (unpaired) electrons. The molecular formula is C43H26N4O. The Hall–Kier alpha value is -6.59. The Morgan fingerprint density at radius 1 is 0.417 bits per heavy atom. The molecule has 7 aromatic carbocycles. The number of furan rings is 1. The summed E-state index contributed by atoms with van der Waals surface area (Å²) in [4.78, 5) is 15.3. The molecule has 0 N–H and O–H groups in total. The van der Waals surface area contributed by atoms with E-state index in [2.05, 4.69) is 95.6 Å². The van der Waals surface area contributed by atoms with Crippen molar-refractivity contribution in [2.24, 2.45) is 0 Å². The van der Waals surface area contributed by atoms with Crippen LogP contribution in [-0.4, -0.2) is 19.5 Å². The van der Waals surface area contributed by atoms with Gasteiger partial charge in [-0.1, -0.05) is 140 Å². The minimum Gasteiger partial charge on any atom is -0.454 e. The second kappa shape index (κ2) is 10.5. The molecule has 0 amide bonds. The largest absolute Gasteiger partial charge is 0.454 e. The molecule has 3 aromatic heterocycles. The first kappa shape index (κ1) is 26.6. The van der Waals surface area contributed by atoms with Gasteiger partial charge in [-0.15, -0.1) is 0 Å². The highest BCUT2D eigenvalue weighted by Gasteiger charge is 2.25. The molecule has 0 aliphatic heterocycles. The highest BCUT2D eigenvalue weighted by Crippen LogP contribution is 2.46. The fraction of sp³-hybridized carbons (Fsp3) is 0. The number of hydrogen-bond acceptors (Lipinski definition) is 4. The molecular weight excluding hydrogens is 589 g/mol. The summed E-state index contributed by atoms with van der Waals surface area (Å²) in [7, 11) is 0. The molecule has 10 aromatic rings. The van der Waals surface area contributed by atoms with Gasteiger partial charge in [0.25, 0.3) is 0 Å². The molecule has 0 atom stereocenters. The summed E-state index contributed by atoms with van der Waals surface area (Å²) in [6.45, 7) is 0. The van der Waals surface area contributed by atoms with E-state index in [4.69, 9.17) is 19.4 Å². The van der Waals surface area contributed by atoms with E-state index in [9.17, 15) is 0 Å². The van der Waals surface area contributed by atoms with E-state index < -0.39 is 0 Å². The summed E-state index contributed by atoms with van der Waals surface area (Å²) in [6, 6.07) is 54.3. The minimum absolute atomic E-state index is 0.538. The van der Waals surface area contributed by atoms with Crippen LogP contribution >= 0.6 is 0 Å². The maximum atomic E-state index is 6.89. The van der Waals surface area contributed by atoms with Gasteiger partial charge in [0.05, 0.1) is 5.52 Å². The van der Waals surface area contributed by atoms with Gasteiger partial charge in [-0.05, 0) is 40.1 Å². The van der Waals surface area contributed by atoms with E-state index in [0.29, 0.717) is 17.6 Å². The van der Waals surface area contributed by atoms with E-state index in [0.717, 1.165) is 71.2 Å². The Morgan fingerprint density at radius 3 is 1.60 bits per heavy atom. The predicted molar refractivity (Wildman–Crippen MR) is 195 cm³/mol. The molecule has 5 heteroatoms. The van der Waals surface area contributed by atoms with Crippen molar-refractivity contribution in [2.45, 2.75) is 0 Å². The third kappa shape index (κ3) is 4.01. The van der Waals surface area contributed by atoms with Gasteiger partial charge in [0, 0.05) is 32.7 Å². The van der Waals surface area contributed by atoms with Crippen molar-refractivity contribution in [3.63, 3.8) is 0 Å². The Bertz CT molecular complexity index is 2760. The van der Waals surface area contributed by atoms with E-state index in [1.54, 1.807) is 0 Å². The molecule has 0 unspecified atom stereocenters. The predicted octanol–water partition coefficient (Wildman–Crippen LogP) is 11.0. The van der Waals surface area contributed by atoms with Crippen LogP contribution < -0.4 is 0 Å². The Kier molecular flexibility index (Phi) is 5.81. The van der Waals surface area contributed by atoms with Crippen LogP contribution in [0.4, 0.5) is 0 Å². The van der Waals surface area contributed by atoms with Crippen molar-refractivity contribution >= 4 is 54.5 Å². The summed E-state index contributed by atoms with van der Waals surface area (Å²) in [5.74, 6) is 1.76. The van der Waals surface area contributed by atoms with Crippen molar-refractivity contribution in [3.05, 3.63) is 158 Å². The standard InChI is InChI=1S/C43H26N4O/c1-4-14-27(15-5-1)30-24-25-36-34(26-30)38-32-21-11-10-20-31(32)37-33-22-12-13-23-35(33)47(39(37)40(38)48-36)43-45-41(28-16-6-2-7-17-28)44-42(46-43)29-18-8-3-9-19-29/h1-26H. The molecule has 0 aliphatic carbocycles. The van der Waals surface area contributed by atoms with Crippen LogP contribution in [0.25, 0.3) is 94.4 Å². The van der Waals surface area contributed by atoms with Gasteiger partial charge in [-0.2, -0.15) is 9.97 Å². The summed E-state index contributed by atoms with van der Waals surface area (Å²) in [5.41, 5.74) is 7.74. The summed E-state index contributed by atoms with van der Waals surface area (Å²) in [5, 5.41) is 6.68. The lowest BCUT2D eigenvalue weighted by atomic mass is 9.97. The first-order chi connectivity index (χ1) is 23.8. The van der Waals surface area contributed by atoms with Crippen molar-refractivity contribution in [3.8, 4) is 39.9 Å². The number of para-hydroxylation sites is 1. The van der Waals surface area contributed by atoms with Crippen LogP contribution in [0.1, 0.15) is 0 Å². The average molecular weight is 615 g/mol. The zero-order valence-corrected chi connectivity index (χ0v) is 25.7. The van der Waals surface area contributed by atoms with E-state index >= 15 is 0 Å². The van der Waals surface area contributed by atoms with Gasteiger partial charge in [0.2, 0.25) is 5.95 Å². The smallest absolute Gasteiger partial charge is 0.238 e. The fourth-order valence-corrected chi connectivity index (χ4v) is 7.09. The average Bonchev–Trinajstić information content (AvgIpc) is 3.72. The van der Waals surface area contributed by atoms with Crippen LogP contribution in [0, 0.1) is 0 Å². The number of hydrogen-bond donors (Lipinski definition) is 0. The van der Waals surface area contributed by atoms with Gasteiger partial charge in [0.1, 0.15) is 11.1 Å². The van der Waals surface area contributed by atoms with Gasteiger partial charge >= 0.3 is 0 Å². The third-order valence-electron chi connectivity index (χ3n) is 9.24. The highest BCUT2D eigenvalue weighted by atomic mass is 16.3. The van der Waals surface area contributed by atoms with Crippen LogP contribution in [0.15, 0.2) is 162 Å². The fourth-order valence-electron chi connectivity index (χ4n) is 7.09.